The first-order valence-electron chi connectivity index (χ1n) is 7.20. The van der Waals surface area contributed by atoms with Gasteiger partial charge in [0.2, 0.25) is 0 Å². The number of nitrogens with zero attached hydrogens (tertiary/aromatic N) is 1. The molecule has 0 aliphatic carbocycles. The van der Waals surface area contributed by atoms with Crippen LogP contribution in [0.2, 0.25) is 0 Å². The van der Waals surface area contributed by atoms with Crippen LogP contribution in [0.15, 0.2) is 30.4 Å². The van der Waals surface area contributed by atoms with E-state index in [9.17, 15) is 9.90 Å². The molecule has 1 rings (SSSR count). The zero-order chi connectivity index (χ0) is 15.8. The third-order valence-electron chi connectivity index (χ3n) is 3.53. The van der Waals surface area contributed by atoms with Crippen LogP contribution in [0.3, 0.4) is 0 Å². The van der Waals surface area contributed by atoms with E-state index in [-0.39, 0.29) is 0 Å². The second-order valence-corrected chi connectivity index (χ2v) is 5.22. The number of anilines is 1. The fourth-order valence-electron chi connectivity index (χ4n) is 2.39. The number of hydrogen-bond donors (Lipinski definition) is 1. The van der Waals surface area contributed by atoms with E-state index < -0.39 is 5.97 Å². The summed E-state index contributed by atoms with van der Waals surface area (Å²) in [4.78, 5) is 13.2. The summed E-state index contributed by atoms with van der Waals surface area (Å²) in [7, 11) is 1.95. The number of aromatic carboxylic acids is 1. The first-order chi connectivity index (χ1) is 10.0. The Morgan fingerprint density at radius 2 is 2.24 bits per heavy atom. The molecule has 112 valence electrons. The van der Waals surface area contributed by atoms with Gasteiger partial charge in [0.25, 0.3) is 0 Å². The highest BCUT2D eigenvalue weighted by Crippen LogP contribution is 2.31. The second-order valence-electron chi connectivity index (χ2n) is 5.22. The van der Waals surface area contributed by atoms with E-state index in [1.165, 1.54) is 5.56 Å². The molecule has 1 N–H and O–H groups in total. The van der Waals surface area contributed by atoms with Gasteiger partial charge in [-0.1, -0.05) is 38.3 Å². The van der Waals surface area contributed by atoms with Gasteiger partial charge in [-0.3, -0.25) is 0 Å². The fourth-order valence-corrected chi connectivity index (χ4v) is 2.39. The van der Waals surface area contributed by atoms with Crippen LogP contribution < -0.4 is 4.90 Å². The average molecular weight is 285 g/mol. The maximum absolute atomic E-state index is 11.2. The van der Waals surface area contributed by atoms with Gasteiger partial charge in [0, 0.05) is 19.3 Å². The molecule has 0 heterocycles. The van der Waals surface area contributed by atoms with Crippen molar-refractivity contribution in [3.05, 3.63) is 41.5 Å². The van der Waals surface area contributed by atoms with Crippen LogP contribution in [0.1, 0.15) is 48.5 Å². The standard InChI is InChI=1S/C18H23NO2/c1-5-7-8-12-19(4)17-13-15(18(20)21)10-11-16(17)14(3)9-6-2/h1,7-8,10-11,13-14H,6,9,12H2,2-4H3,(H,20,21)/b8-7+. The first-order valence-corrected chi connectivity index (χ1v) is 7.20. The maximum Gasteiger partial charge on any atom is 0.335 e. The van der Waals surface area contributed by atoms with E-state index in [0.29, 0.717) is 18.0 Å². The van der Waals surface area contributed by atoms with Gasteiger partial charge in [0.15, 0.2) is 0 Å². The Balaban J connectivity index is 3.16. The molecule has 1 atom stereocenters. The predicted molar refractivity (Wildman–Crippen MR) is 88.0 cm³/mol. The Morgan fingerprint density at radius 1 is 1.52 bits per heavy atom. The molecular weight excluding hydrogens is 262 g/mol. The minimum absolute atomic E-state index is 0.310. The highest BCUT2D eigenvalue weighted by Gasteiger charge is 2.15. The third-order valence-corrected chi connectivity index (χ3v) is 3.53. The Hall–Kier alpha value is -2.21. The van der Waals surface area contributed by atoms with Crippen LogP contribution in [0.5, 0.6) is 0 Å². The summed E-state index contributed by atoms with van der Waals surface area (Å²) < 4.78 is 0. The molecule has 0 radical (unpaired) electrons. The molecule has 0 saturated heterocycles. The van der Waals surface area contributed by atoms with E-state index >= 15 is 0 Å². The van der Waals surface area contributed by atoms with Gasteiger partial charge >= 0.3 is 5.97 Å². The molecule has 0 spiro atoms. The van der Waals surface area contributed by atoms with Crippen molar-refractivity contribution < 1.29 is 9.90 Å². The van der Waals surface area contributed by atoms with Crippen LogP contribution in [0, 0.1) is 12.3 Å². The molecule has 0 aliphatic rings. The normalized spacial score (nSPS) is 12.1. The summed E-state index contributed by atoms with van der Waals surface area (Å²) in [6.07, 6.45) is 10.9. The van der Waals surface area contributed by atoms with Crippen LogP contribution >= 0.6 is 0 Å². The van der Waals surface area contributed by atoms with Crippen molar-refractivity contribution in [2.75, 3.05) is 18.5 Å². The molecule has 1 unspecified atom stereocenters. The predicted octanol–water partition coefficient (Wildman–Crippen LogP) is 3.91. The van der Waals surface area contributed by atoms with Gasteiger partial charge in [-0.15, -0.1) is 6.42 Å². The molecule has 0 saturated carbocycles. The molecule has 21 heavy (non-hydrogen) atoms. The number of hydrogen-bond acceptors (Lipinski definition) is 2. The number of likely N-dealkylation sites (N-methyl/N-ethyl adjacent to an activating group) is 1. The van der Waals surface area contributed by atoms with Crippen LogP contribution in [-0.4, -0.2) is 24.7 Å². The summed E-state index contributed by atoms with van der Waals surface area (Å²) in [5.74, 6) is 1.95. The Labute approximate surface area is 127 Å². The highest BCUT2D eigenvalue weighted by molar-refractivity contribution is 5.89. The Morgan fingerprint density at radius 3 is 2.81 bits per heavy atom. The topological polar surface area (TPSA) is 40.5 Å². The zero-order valence-electron chi connectivity index (χ0n) is 13.0. The Kier molecular flexibility index (Phi) is 6.55. The maximum atomic E-state index is 11.2. The largest absolute Gasteiger partial charge is 0.478 e. The Bertz CT molecular complexity index is 555. The van der Waals surface area contributed by atoms with E-state index in [1.807, 2.05) is 24.1 Å². The SMILES string of the molecule is C#C/C=C/CN(C)c1cc(C(=O)O)ccc1C(C)CCC. The van der Waals surface area contributed by atoms with Crippen molar-refractivity contribution in [2.24, 2.45) is 0 Å². The number of carboxylic acid groups (broad SMARTS) is 1. The van der Waals surface area contributed by atoms with Gasteiger partial charge in [-0.25, -0.2) is 4.79 Å². The lowest BCUT2D eigenvalue weighted by Gasteiger charge is -2.24. The van der Waals surface area contributed by atoms with Crippen LogP contribution in [0.4, 0.5) is 5.69 Å². The van der Waals surface area contributed by atoms with Crippen molar-refractivity contribution in [3.8, 4) is 12.3 Å². The lowest BCUT2D eigenvalue weighted by molar-refractivity contribution is 0.0697. The molecule has 0 amide bonds. The van der Waals surface area contributed by atoms with Crippen molar-refractivity contribution in [1.82, 2.24) is 0 Å². The highest BCUT2D eigenvalue weighted by atomic mass is 16.4. The smallest absolute Gasteiger partial charge is 0.335 e. The van der Waals surface area contributed by atoms with Gasteiger partial charge in [0.1, 0.15) is 0 Å². The summed E-state index contributed by atoms with van der Waals surface area (Å²) in [5, 5.41) is 9.18. The van der Waals surface area contributed by atoms with Gasteiger partial charge < -0.3 is 10.0 Å². The minimum atomic E-state index is -0.904. The summed E-state index contributed by atoms with van der Waals surface area (Å²) in [5.41, 5.74) is 2.45. The lowest BCUT2D eigenvalue weighted by Crippen LogP contribution is -2.20. The van der Waals surface area contributed by atoms with Crippen molar-refractivity contribution in [1.29, 1.82) is 0 Å². The molecular formula is C18H23NO2. The molecule has 3 heteroatoms. The van der Waals surface area contributed by atoms with Crippen LogP contribution in [0.25, 0.3) is 0 Å². The first kappa shape index (κ1) is 16.8. The van der Waals surface area contributed by atoms with E-state index in [4.69, 9.17) is 6.42 Å². The van der Waals surface area contributed by atoms with E-state index in [2.05, 4.69) is 19.8 Å². The van der Waals surface area contributed by atoms with Crippen LogP contribution in [-0.2, 0) is 0 Å². The molecule has 0 aromatic heterocycles. The van der Waals surface area contributed by atoms with Crippen molar-refractivity contribution >= 4 is 11.7 Å². The molecule has 1 aromatic carbocycles. The van der Waals surface area contributed by atoms with Gasteiger partial charge in [-0.2, -0.15) is 0 Å². The zero-order valence-corrected chi connectivity index (χ0v) is 13.0. The van der Waals surface area contributed by atoms with Gasteiger partial charge in [0.05, 0.1) is 5.56 Å². The second kappa shape index (κ2) is 8.16. The minimum Gasteiger partial charge on any atom is -0.478 e. The quantitative estimate of drug-likeness (QED) is 0.772. The fraction of sp³-hybridized carbons (Fsp3) is 0.389. The summed E-state index contributed by atoms with van der Waals surface area (Å²) in [6.45, 7) is 4.98. The molecule has 3 nitrogen and oxygen atoms in total. The summed E-state index contributed by atoms with van der Waals surface area (Å²) >= 11 is 0. The molecule has 0 fully saturated rings. The van der Waals surface area contributed by atoms with E-state index in [1.54, 1.807) is 18.2 Å². The summed E-state index contributed by atoms with van der Waals surface area (Å²) in [6, 6.07) is 5.35. The van der Waals surface area contributed by atoms with E-state index in [0.717, 1.165) is 18.5 Å². The van der Waals surface area contributed by atoms with Crippen molar-refractivity contribution in [3.63, 3.8) is 0 Å². The number of benzene rings is 1. The number of terminal acetylenes is 1. The molecule has 0 aliphatic heterocycles. The number of carbonyl (C=O) groups is 1. The number of rotatable bonds is 7. The number of carboxylic acids is 1. The molecule has 0 bridgehead atoms. The van der Waals surface area contributed by atoms with Crippen molar-refractivity contribution in [2.45, 2.75) is 32.6 Å². The average Bonchev–Trinajstić information content (AvgIpc) is 2.46. The third kappa shape index (κ3) is 4.68. The molecule has 1 aromatic rings. The lowest BCUT2D eigenvalue weighted by atomic mass is 9.93. The monoisotopic (exact) mass is 285 g/mol. The number of allylic oxidation sites excluding steroid dienone is 1. The van der Waals surface area contributed by atoms with Gasteiger partial charge in [-0.05, 0) is 36.1 Å².